The molecule has 2 heterocycles. The molecule has 0 bridgehead atoms. The number of carbonyl (C=O) groups excluding carboxylic acids is 1. The molecule has 1 aromatic heterocycles. The minimum atomic E-state index is -4.75. The van der Waals surface area contributed by atoms with Crippen molar-refractivity contribution in [3.8, 4) is 22.8 Å². The quantitative estimate of drug-likeness (QED) is 0.145. The third-order valence-electron chi connectivity index (χ3n) is 6.88. The van der Waals surface area contributed by atoms with E-state index in [0.29, 0.717) is 40.5 Å². The van der Waals surface area contributed by atoms with Crippen LogP contribution in [0.3, 0.4) is 0 Å². The highest BCUT2D eigenvalue weighted by molar-refractivity contribution is 8.15. The van der Waals surface area contributed by atoms with E-state index in [9.17, 15) is 18.0 Å². The Morgan fingerprint density at radius 3 is 2.67 bits per heavy atom. The Hall–Kier alpha value is -4.49. The van der Waals surface area contributed by atoms with Crippen LogP contribution in [0.15, 0.2) is 84.1 Å². The van der Waals surface area contributed by atoms with Crippen molar-refractivity contribution in [3.05, 3.63) is 95.8 Å². The molecule has 13 heteroatoms. The summed E-state index contributed by atoms with van der Waals surface area (Å²) in [5.41, 5.74) is 5.28. The maximum Gasteiger partial charge on any atom is 0.573 e. The molecule has 1 saturated heterocycles. The molecule has 1 aliphatic heterocycles. The Morgan fingerprint density at radius 1 is 1.15 bits per heavy atom. The Kier molecular flexibility index (Phi) is 10.2. The number of aliphatic imine (C=N–C) groups is 1. The fraction of sp³-hybridized carbons (Fsp3) is 0.242. The number of alkyl halides is 3. The number of hydrogen-bond donors (Lipinski definition) is 1. The zero-order chi connectivity index (χ0) is 32.8. The van der Waals surface area contributed by atoms with E-state index >= 15 is 0 Å². The molecule has 4 aromatic rings. The Morgan fingerprint density at radius 2 is 1.93 bits per heavy atom. The summed E-state index contributed by atoms with van der Waals surface area (Å²) in [6, 6.07) is 19.2. The Balaban J connectivity index is 1.16. The van der Waals surface area contributed by atoms with Gasteiger partial charge in [0.25, 0.3) is 0 Å². The molecule has 0 saturated carbocycles. The molecule has 1 amide bonds. The summed E-state index contributed by atoms with van der Waals surface area (Å²) >= 11 is 6.86. The molecule has 0 radical (unpaired) electrons. The number of benzene rings is 3. The first-order valence-corrected chi connectivity index (χ1v) is 15.8. The van der Waals surface area contributed by atoms with Gasteiger partial charge in [-0.3, -0.25) is 9.69 Å². The average molecular weight is 665 g/mol. The molecule has 238 valence electrons. The molecular formula is C33H31F3N6O2S2. The molecule has 3 aromatic carbocycles. The number of aromatic nitrogens is 3. The summed E-state index contributed by atoms with van der Waals surface area (Å²) in [5, 5.41) is 8.52. The van der Waals surface area contributed by atoms with Gasteiger partial charge in [0.15, 0.2) is 16.1 Å². The van der Waals surface area contributed by atoms with E-state index in [1.165, 1.54) is 47.0 Å². The number of carbonyl (C=O) groups is 1. The summed E-state index contributed by atoms with van der Waals surface area (Å²) in [6.45, 7) is 6.77. The van der Waals surface area contributed by atoms with E-state index in [4.69, 9.17) is 12.2 Å². The highest BCUT2D eigenvalue weighted by atomic mass is 32.2. The van der Waals surface area contributed by atoms with Crippen molar-refractivity contribution >= 4 is 51.9 Å². The molecule has 46 heavy (non-hydrogen) atoms. The molecule has 0 atom stereocenters. The van der Waals surface area contributed by atoms with Gasteiger partial charge in [0, 0.05) is 12.1 Å². The number of aryl methyl sites for hydroxylation is 1. The number of rotatable bonds is 9. The number of halogens is 3. The lowest BCUT2D eigenvalue weighted by Gasteiger charge is -2.22. The molecule has 5 rings (SSSR count). The van der Waals surface area contributed by atoms with Crippen LogP contribution in [0, 0.1) is 6.92 Å². The van der Waals surface area contributed by atoms with Crippen LogP contribution >= 0.6 is 24.0 Å². The van der Waals surface area contributed by atoms with Gasteiger partial charge in [-0.2, -0.15) is 4.99 Å². The number of anilines is 1. The number of ether oxygens (including phenoxy) is 1. The van der Waals surface area contributed by atoms with Gasteiger partial charge in [-0.05, 0) is 84.6 Å². The van der Waals surface area contributed by atoms with Crippen LogP contribution in [0.25, 0.3) is 23.2 Å². The number of hydrogen-bond acceptors (Lipinski definition) is 6. The van der Waals surface area contributed by atoms with Gasteiger partial charge in [-0.1, -0.05) is 68.1 Å². The normalized spacial score (nSPS) is 14.5. The van der Waals surface area contributed by atoms with Gasteiger partial charge in [-0.15, -0.1) is 18.3 Å². The van der Waals surface area contributed by atoms with Gasteiger partial charge in [0.05, 0.1) is 17.1 Å². The number of thiocarbonyl (C=S) groups is 1. The largest absolute Gasteiger partial charge is 0.573 e. The average Bonchev–Trinajstić information content (AvgIpc) is 3.63. The van der Waals surface area contributed by atoms with Crippen LogP contribution < -0.4 is 15.0 Å². The van der Waals surface area contributed by atoms with E-state index in [-0.39, 0.29) is 17.6 Å². The second-order valence-electron chi connectivity index (χ2n) is 10.7. The van der Waals surface area contributed by atoms with Crippen LogP contribution in [0.5, 0.6) is 5.75 Å². The van der Waals surface area contributed by atoms with Crippen LogP contribution in [-0.4, -0.2) is 49.6 Å². The second-order valence-corrected chi connectivity index (χ2v) is 12.1. The summed E-state index contributed by atoms with van der Waals surface area (Å²) in [5.74, 6) is 0.715. The highest BCUT2D eigenvalue weighted by Crippen LogP contribution is 2.34. The third kappa shape index (κ3) is 8.40. The summed E-state index contributed by atoms with van der Waals surface area (Å²) < 4.78 is 42.7. The van der Waals surface area contributed by atoms with Gasteiger partial charge in [0.2, 0.25) is 5.91 Å². The van der Waals surface area contributed by atoms with Crippen LogP contribution in [-0.2, 0) is 4.79 Å². The summed E-state index contributed by atoms with van der Waals surface area (Å²) in [7, 11) is 0. The molecule has 0 unspecified atom stereocenters. The zero-order valence-electron chi connectivity index (χ0n) is 25.3. The van der Waals surface area contributed by atoms with Crippen molar-refractivity contribution in [2.75, 3.05) is 17.2 Å². The third-order valence-corrected chi connectivity index (χ3v) is 8.04. The second kappa shape index (κ2) is 14.3. The van der Waals surface area contributed by atoms with Gasteiger partial charge in [0.1, 0.15) is 12.1 Å². The first-order chi connectivity index (χ1) is 22.0. The van der Waals surface area contributed by atoms with Crippen molar-refractivity contribution in [3.63, 3.8) is 0 Å². The number of nitrogens with one attached hydrogen (secondary N) is 1. The van der Waals surface area contributed by atoms with E-state index in [1.807, 2.05) is 49.4 Å². The molecule has 0 aliphatic carbocycles. The monoisotopic (exact) mass is 664 g/mol. The van der Waals surface area contributed by atoms with Crippen molar-refractivity contribution in [2.24, 2.45) is 4.99 Å². The fourth-order valence-corrected chi connectivity index (χ4v) is 5.84. The van der Waals surface area contributed by atoms with Crippen LogP contribution in [0.4, 0.5) is 18.9 Å². The minimum absolute atomic E-state index is 0.0141. The first kappa shape index (κ1) is 32.9. The van der Waals surface area contributed by atoms with Crippen molar-refractivity contribution < 1.29 is 22.7 Å². The van der Waals surface area contributed by atoms with E-state index in [0.717, 1.165) is 27.9 Å². The number of thioether (sulfide) groups is 1. The molecule has 1 aliphatic rings. The Labute approximate surface area is 274 Å². The Bertz CT molecular complexity index is 1780. The van der Waals surface area contributed by atoms with Gasteiger partial charge in [-0.25, -0.2) is 9.67 Å². The highest BCUT2D eigenvalue weighted by Gasteiger charge is 2.32. The van der Waals surface area contributed by atoms with Crippen molar-refractivity contribution in [1.82, 2.24) is 20.1 Å². The van der Waals surface area contributed by atoms with Crippen LogP contribution in [0.1, 0.15) is 42.9 Å². The SMILES string of the molecule is Cc1ccc(C(C)C)c(N2C(=O)CSC2=NC(=S)NCC/C=C/c2cccc(-c3ncn(-c4ccc(OC(F)(F)F)cc4)n3)c2)c1. The fourth-order valence-electron chi connectivity index (χ4n) is 4.73. The molecular weight excluding hydrogens is 634 g/mol. The lowest BCUT2D eigenvalue weighted by atomic mass is 9.99. The molecule has 1 N–H and O–H groups in total. The standard InChI is InChI=1S/C33H31F3N6O2S2/c1-21(2)27-15-10-22(3)17-28(27)42-29(43)19-46-32(42)39-31(45)37-16-5-4-7-23-8-6-9-24(18-23)30-38-20-41(40-30)25-11-13-26(14-12-25)44-33(34,35)36/h4,6-15,17-18,20-21H,5,16,19H2,1-3H3,(H,37,45)/b7-4+,39-32?. The number of nitrogens with zero attached hydrogens (tertiary/aromatic N) is 5. The van der Waals surface area contributed by atoms with Gasteiger partial charge < -0.3 is 10.1 Å². The van der Waals surface area contributed by atoms with E-state index in [2.05, 4.69) is 51.1 Å². The number of amides is 1. The minimum Gasteiger partial charge on any atom is -0.406 e. The topological polar surface area (TPSA) is 84.6 Å². The molecule has 0 spiro atoms. The van der Waals surface area contributed by atoms with Gasteiger partial charge >= 0.3 is 6.36 Å². The number of amidine groups is 1. The lowest BCUT2D eigenvalue weighted by molar-refractivity contribution is -0.274. The molecule has 8 nitrogen and oxygen atoms in total. The summed E-state index contributed by atoms with van der Waals surface area (Å²) in [6.07, 6.45) is 1.43. The lowest BCUT2D eigenvalue weighted by Crippen LogP contribution is -2.32. The van der Waals surface area contributed by atoms with Crippen LogP contribution in [0.2, 0.25) is 0 Å². The zero-order valence-corrected chi connectivity index (χ0v) is 26.9. The first-order valence-electron chi connectivity index (χ1n) is 14.4. The van der Waals surface area contributed by atoms with E-state index < -0.39 is 6.36 Å². The smallest absolute Gasteiger partial charge is 0.406 e. The predicted molar refractivity (Wildman–Crippen MR) is 180 cm³/mol. The van der Waals surface area contributed by atoms with E-state index in [1.54, 1.807) is 4.90 Å². The van der Waals surface area contributed by atoms with Crippen molar-refractivity contribution in [2.45, 2.75) is 39.5 Å². The summed E-state index contributed by atoms with van der Waals surface area (Å²) in [4.78, 5) is 23.4. The maximum atomic E-state index is 12.8. The predicted octanol–water partition coefficient (Wildman–Crippen LogP) is 7.68. The molecule has 1 fully saturated rings. The van der Waals surface area contributed by atoms with Crippen molar-refractivity contribution in [1.29, 1.82) is 0 Å². The maximum absolute atomic E-state index is 12.8.